The zero-order valence-electron chi connectivity index (χ0n) is 19.4. The van der Waals surface area contributed by atoms with Crippen molar-refractivity contribution in [2.24, 2.45) is 22.7 Å². The summed E-state index contributed by atoms with van der Waals surface area (Å²) in [5.41, 5.74) is -0.446. The first kappa shape index (κ1) is 27.0. The summed E-state index contributed by atoms with van der Waals surface area (Å²) in [6, 6.07) is 0. The van der Waals surface area contributed by atoms with Gasteiger partial charge in [0.15, 0.2) is 6.29 Å². The van der Waals surface area contributed by atoms with E-state index in [1.54, 1.807) is 13.8 Å². The van der Waals surface area contributed by atoms with Crippen molar-refractivity contribution in [3.63, 3.8) is 0 Å². The number of halogens is 2. The summed E-state index contributed by atoms with van der Waals surface area (Å²) in [6.45, 7) is 7.05. The van der Waals surface area contributed by atoms with Gasteiger partial charge in [-0.2, -0.15) is 17.2 Å². The first-order valence-corrected chi connectivity index (χ1v) is 12.7. The van der Waals surface area contributed by atoms with E-state index in [4.69, 9.17) is 23.5 Å². The van der Waals surface area contributed by atoms with Gasteiger partial charge in [0.25, 0.3) is 0 Å². The van der Waals surface area contributed by atoms with E-state index >= 15 is 0 Å². The molecular formula is C22H32F2O9S. The standard InChI is InChI=1S/C22H32F2O9S/c1-14(2)18(25)31-5-4-30-15(3)32-12-20-7-16-6-17(8-20)10-21(9-16,11-20)13-33-19(26)22(23,24)34(27,28)29/h15-17H,1,4-13H2,2-3H3,(H,27,28,29). The third-order valence-electron chi connectivity index (χ3n) is 7.02. The highest BCUT2D eigenvalue weighted by Crippen LogP contribution is 2.65. The number of rotatable bonds is 12. The Labute approximate surface area is 197 Å². The number of carbonyl (C=O) groups excluding carboxylic acids is 2. The lowest BCUT2D eigenvalue weighted by atomic mass is 9.44. The van der Waals surface area contributed by atoms with E-state index in [-0.39, 0.29) is 25.2 Å². The molecule has 0 heterocycles. The molecule has 4 saturated carbocycles. The summed E-state index contributed by atoms with van der Waals surface area (Å²) in [7, 11) is -5.90. The van der Waals surface area contributed by atoms with Crippen LogP contribution in [0.3, 0.4) is 0 Å². The molecule has 4 fully saturated rings. The third-order valence-corrected chi connectivity index (χ3v) is 7.83. The first-order chi connectivity index (χ1) is 15.7. The Morgan fingerprint density at radius 2 is 1.62 bits per heavy atom. The van der Waals surface area contributed by atoms with E-state index < -0.39 is 39.0 Å². The molecule has 4 bridgehead atoms. The predicted molar refractivity (Wildman–Crippen MR) is 114 cm³/mol. The van der Waals surface area contributed by atoms with Gasteiger partial charge in [0, 0.05) is 11.0 Å². The second-order valence-electron chi connectivity index (χ2n) is 10.2. The molecule has 9 nitrogen and oxygen atoms in total. The van der Waals surface area contributed by atoms with Crippen LogP contribution in [0.4, 0.5) is 8.78 Å². The molecule has 34 heavy (non-hydrogen) atoms. The molecule has 3 unspecified atom stereocenters. The van der Waals surface area contributed by atoms with E-state index in [0.29, 0.717) is 43.3 Å². The lowest BCUT2D eigenvalue weighted by molar-refractivity contribution is -0.206. The molecule has 4 aliphatic carbocycles. The third kappa shape index (κ3) is 5.95. The lowest BCUT2D eigenvalue weighted by Gasteiger charge is -2.61. The van der Waals surface area contributed by atoms with Gasteiger partial charge in [-0.25, -0.2) is 9.59 Å². The molecule has 0 aromatic heterocycles. The number of carbonyl (C=O) groups is 2. The van der Waals surface area contributed by atoms with Gasteiger partial charge >= 0.3 is 27.3 Å². The van der Waals surface area contributed by atoms with Crippen molar-refractivity contribution >= 4 is 22.1 Å². The van der Waals surface area contributed by atoms with Crippen LogP contribution in [0, 0.1) is 22.7 Å². The second-order valence-corrected chi connectivity index (χ2v) is 11.7. The van der Waals surface area contributed by atoms with Crippen LogP contribution >= 0.6 is 0 Å². The molecule has 4 aliphatic rings. The largest absolute Gasteiger partial charge is 0.465 e. The minimum Gasteiger partial charge on any atom is -0.460 e. The quantitative estimate of drug-likeness (QED) is 0.139. The van der Waals surface area contributed by atoms with Crippen LogP contribution in [0.1, 0.15) is 52.4 Å². The van der Waals surface area contributed by atoms with Crippen LogP contribution < -0.4 is 0 Å². The Kier molecular flexibility index (Phi) is 7.76. The van der Waals surface area contributed by atoms with Crippen LogP contribution in [0.5, 0.6) is 0 Å². The number of esters is 2. The second kappa shape index (κ2) is 9.79. The molecule has 4 rings (SSSR count). The van der Waals surface area contributed by atoms with Gasteiger partial charge in [-0.3, -0.25) is 4.55 Å². The lowest BCUT2D eigenvalue weighted by Crippen LogP contribution is -2.56. The monoisotopic (exact) mass is 510 g/mol. The SMILES string of the molecule is C=C(C)C(=O)OCCOC(C)OCC12CC3CC(CC(COC(=O)C(F)(F)S(=O)(=O)O)(C3)C1)C2. The summed E-state index contributed by atoms with van der Waals surface area (Å²) in [5.74, 6) is -2.08. The molecule has 3 atom stereocenters. The van der Waals surface area contributed by atoms with E-state index in [9.17, 15) is 26.8 Å². The fourth-order valence-corrected chi connectivity index (χ4v) is 6.48. The summed E-state index contributed by atoms with van der Waals surface area (Å²) < 4.78 is 78.7. The summed E-state index contributed by atoms with van der Waals surface area (Å²) in [6.07, 6.45) is 4.27. The summed E-state index contributed by atoms with van der Waals surface area (Å²) >= 11 is 0. The van der Waals surface area contributed by atoms with Gasteiger partial charge in [0.05, 0.1) is 19.8 Å². The van der Waals surface area contributed by atoms with Crippen LogP contribution in [-0.4, -0.2) is 62.9 Å². The smallest absolute Gasteiger partial charge is 0.460 e. The van der Waals surface area contributed by atoms with E-state index in [2.05, 4.69) is 6.58 Å². The molecule has 194 valence electrons. The summed E-state index contributed by atoms with van der Waals surface area (Å²) in [4.78, 5) is 23.1. The van der Waals surface area contributed by atoms with Crippen LogP contribution in [0.15, 0.2) is 12.2 Å². The minimum absolute atomic E-state index is 0.0668. The average molecular weight is 511 g/mol. The van der Waals surface area contributed by atoms with Crippen molar-refractivity contribution in [3.8, 4) is 0 Å². The predicted octanol–water partition coefficient (Wildman–Crippen LogP) is 3.10. The van der Waals surface area contributed by atoms with Crippen molar-refractivity contribution in [1.82, 2.24) is 0 Å². The van der Waals surface area contributed by atoms with Gasteiger partial charge in [-0.05, 0) is 69.6 Å². The maximum absolute atomic E-state index is 13.6. The van der Waals surface area contributed by atoms with Crippen molar-refractivity contribution in [1.29, 1.82) is 0 Å². The number of alkyl halides is 2. The van der Waals surface area contributed by atoms with Gasteiger partial charge in [0.1, 0.15) is 6.61 Å². The zero-order chi connectivity index (χ0) is 25.4. The van der Waals surface area contributed by atoms with Crippen molar-refractivity contribution in [2.75, 3.05) is 26.4 Å². The molecule has 0 aromatic carbocycles. The molecule has 12 heteroatoms. The highest BCUT2D eigenvalue weighted by molar-refractivity contribution is 7.87. The topological polar surface area (TPSA) is 125 Å². The number of hydrogen-bond acceptors (Lipinski definition) is 8. The van der Waals surface area contributed by atoms with Gasteiger partial charge in [-0.15, -0.1) is 0 Å². The minimum atomic E-state index is -5.90. The fourth-order valence-electron chi connectivity index (χ4n) is 6.21. The Morgan fingerprint density at radius 3 is 2.15 bits per heavy atom. The van der Waals surface area contributed by atoms with Crippen molar-refractivity contribution in [3.05, 3.63) is 12.2 Å². The molecule has 0 aromatic rings. The first-order valence-electron chi connectivity index (χ1n) is 11.2. The van der Waals surface area contributed by atoms with Gasteiger partial charge in [-0.1, -0.05) is 6.58 Å². The molecule has 0 aliphatic heterocycles. The van der Waals surface area contributed by atoms with Gasteiger partial charge in [0.2, 0.25) is 0 Å². The zero-order valence-corrected chi connectivity index (χ0v) is 20.2. The Balaban J connectivity index is 1.54. The Bertz CT molecular complexity index is 903. The average Bonchev–Trinajstić information content (AvgIpc) is 2.71. The van der Waals surface area contributed by atoms with Crippen LogP contribution in [0.25, 0.3) is 0 Å². The molecule has 0 radical (unpaired) electrons. The number of ether oxygens (including phenoxy) is 4. The molecule has 0 amide bonds. The van der Waals surface area contributed by atoms with Gasteiger partial charge < -0.3 is 18.9 Å². The normalized spacial score (nSPS) is 31.2. The Hall–Kier alpha value is -1.63. The summed E-state index contributed by atoms with van der Waals surface area (Å²) in [5, 5.41) is -5.00. The molecule has 0 spiro atoms. The van der Waals surface area contributed by atoms with Crippen molar-refractivity contribution in [2.45, 2.75) is 63.9 Å². The highest BCUT2D eigenvalue weighted by atomic mass is 32.2. The highest BCUT2D eigenvalue weighted by Gasteiger charge is 2.60. The maximum Gasteiger partial charge on any atom is 0.465 e. The molecular weight excluding hydrogens is 478 g/mol. The molecule has 0 saturated heterocycles. The van der Waals surface area contributed by atoms with Crippen LogP contribution in [-0.2, 0) is 38.7 Å². The molecule has 1 N–H and O–H groups in total. The van der Waals surface area contributed by atoms with Crippen LogP contribution in [0.2, 0.25) is 0 Å². The van der Waals surface area contributed by atoms with E-state index in [1.807, 2.05) is 0 Å². The maximum atomic E-state index is 13.6. The Morgan fingerprint density at radius 1 is 1.06 bits per heavy atom. The van der Waals surface area contributed by atoms with E-state index in [1.165, 1.54) is 0 Å². The fraction of sp³-hybridized carbons (Fsp3) is 0.818. The number of hydrogen-bond donors (Lipinski definition) is 1. The van der Waals surface area contributed by atoms with E-state index in [0.717, 1.165) is 19.3 Å². The van der Waals surface area contributed by atoms with Crippen molar-refractivity contribution < 1.29 is 50.3 Å².